The molecule has 3 nitrogen and oxygen atoms in total. The molecule has 0 amide bonds. The molecule has 0 saturated carbocycles. The number of nitrogens with one attached hydrogen (secondary N) is 1. The molecule has 3 heteroatoms. The molecule has 18 heavy (non-hydrogen) atoms. The molecule has 0 spiro atoms. The minimum atomic E-state index is 0.671. The molecule has 0 unspecified atom stereocenters. The average Bonchev–Trinajstić information content (AvgIpc) is 2.89. The van der Waals surface area contributed by atoms with E-state index in [1.54, 1.807) is 0 Å². The molecule has 0 aliphatic carbocycles. The summed E-state index contributed by atoms with van der Waals surface area (Å²) in [6, 6.07) is 8.46. The highest BCUT2D eigenvalue weighted by Crippen LogP contribution is 2.25. The summed E-state index contributed by atoms with van der Waals surface area (Å²) in [7, 11) is 0. The van der Waals surface area contributed by atoms with Gasteiger partial charge in [0.2, 0.25) is 0 Å². The van der Waals surface area contributed by atoms with Gasteiger partial charge in [-0.15, -0.1) is 0 Å². The largest absolute Gasteiger partial charge is 0.317 e. The Kier molecular flexibility index (Phi) is 3.15. The summed E-state index contributed by atoms with van der Waals surface area (Å²) in [5.74, 6) is 0.671. The number of piperidine rings is 1. The first-order chi connectivity index (χ1) is 8.83. The molecule has 0 bridgehead atoms. The summed E-state index contributed by atoms with van der Waals surface area (Å²) in [6.07, 6.45) is 6.65. The van der Waals surface area contributed by atoms with Gasteiger partial charge >= 0.3 is 0 Å². The van der Waals surface area contributed by atoms with E-state index < -0.39 is 0 Å². The first-order valence-corrected chi connectivity index (χ1v) is 6.65. The van der Waals surface area contributed by atoms with Crippen LogP contribution in [0, 0.1) is 6.92 Å². The van der Waals surface area contributed by atoms with E-state index >= 15 is 0 Å². The van der Waals surface area contributed by atoms with E-state index in [2.05, 4.69) is 47.8 Å². The summed E-state index contributed by atoms with van der Waals surface area (Å²) in [5.41, 5.74) is 3.79. The first-order valence-electron chi connectivity index (χ1n) is 6.65. The van der Waals surface area contributed by atoms with E-state index in [0.717, 1.165) is 18.8 Å². The summed E-state index contributed by atoms with van der Waals surface area (Å²) in [5, 5.41) is 7.90. The molecule has 2 heterocycles. The monoisotopic (exact) mass is 241 g/mol. The van der Waals surface area contributed by atoms with Crippen molar-refractivity contribution in [3.05, 3.63) is 47.8 Å². The van der Waals surface area contributed by atoms with Gasteiger partial charge in [0.25, 0.3) is 0 Å². The Bertz CT molecular complexity index is 524. The van der Waals surface area contributed by atoms with Crippen LogP contribution in [0.1, 0.15) is 29.9 Å². The van der Waals surface area contributed by atoms with Crippen molar-refractivity contribution < 1.29 is 0 Å². The van der Waals surface area contributed by atoms with Gasteiger partial charge in [0, 0.05) is 6.20 Å². The summed E-state index contributed by atoms with van der Waals surface area (Å²) in [4.78, 5) is 0. The Balaban J connectivity index is 1.84. The topological polar surface area (TPSA) is 29.9 Å². The highest BCUT2D eigenvalue weighted by Gasteiger charge is 2.16. The van der Waals surface area contributed by atoms with E-state index in [1.165, 1.54) is 24.0 Å². The molecule has 1 N–H and O–H groups in total. The SMILES string of the molecule is Cc1cccc(-n2cc(C3CCNCC3)cn2)c1. The first kappa shape index (κ1) is 11.5. The molecule has 1 aromatic heterocycles. The number of benzene rings is 1. The number of aryl methyl sites for hydroxylation is 1. The average molecular weight is 241 g/mol. The standard InChI is InChI=1S/C15H19N3/c1-12-3-2-4-15(9-12)18-11-14(10-17-18)13-5-7-16-8-6-13/h2-4,9-11,13,16H,5-8H2,1H3. The van der Waals surface area contributed by atoms with Crippen molar-refractivity contribution in [1.82, 2.24) is 15.1 Å². The molecular weight excluding hydrogens is 222 g/mol. The highest BCUT2D eigenvalue weighted by molar-refractivity contribution is 5.35. The van der Waals surface area contributed by atoms with E-state index in [9.17, 15) is 0 Å². The third-order valence-corrected chi connectivity index (χ3v) is 3.68. The lowest BCUT2D eigenvalue weighted by Crippen LogP contribution is -2.26. The Morgan fingerprint density at radius 1 is 1.28 bits per heavy atom. The fourth-order valence-corrected chi connectivity index (χ4v) is 2.61. The lowest BCUT2D eigenvalue weighted by Gasteiger charge is -2.21. The van der Waals surface area contributed by atoms with Crippen molar-refractivity contribution >= 4 is 0 Å². The number of aromatic nitrogens is 2. The quantitative estimate of drug-likeness (QED) is 0.876. The van der Waals surface area contributed by atoms with Crippen LogP contribution in [0.4, 0.5) is 0 Å². The van der Waals surface area contributed by atoms with Gasteiger partial charge in [-0.3, -0.25) is 0 Å². The Morgan fingerprint density at radius 3 is 2.89 bits per heavy atom. The van der Waals surface area contributed by atoms with E-state index in [1.807, 2.05) is 10.9 Å². The molecule has 0 radical (unpaired) electrons. The zero-order valence-corrected chi connectivity index (χ0v) is 10.8. The van der Waals surface area contributed by atoms with Gasteiger partial charge in [0.1, 0.15) is 0 Å². The number of hydrogen-bond donors (Lipinski definition) is 1. The molecule has 3 rings (SSSR count). The van der Waals surface area contributed by atoms with Gasteiger partial charge in [0.15, 0.2) is 0 Å². The maximum atomic E-state index is 4.50. The highest BCUT2D eigenvalue weighted by atomic mass is 15.3. The molecule has 94 valence electrons. The molecule has 1 aliphatic rings. The maximum Gasteiger partial charge on any atom is 0.0648 e. The Labute approximate surface area is 108 Å². The lowest BCUT2D eigenvalue weighted by atomic mass is 9.93. The molecular formula is C15H19N3. The van der Waals surface area contributed by atoms with Gasteiger partial charge in [-0.1, -0.05) is 12.1 Å². The number of nitrogens with zero attached hydrogens (tertiary/aromatic N) is 2. The third-order valence-electron chi connectivity index (χ3n) is 3.68. The second kappa shape index (κ2) is 4.94. The minimum absolute atomic E-state index is 0.671. The van der Waals surface area contributed by atoms with Crippen LogP contribution in [0.3, 0.4) is 0 Å². The second-order valence-corrected chi connectivity index (χ2v) is 5.08. The van der Waals surface area contributed by atoms with Crippen LogP contribution in [-0.4, -0.2) is 22.9 Å². The van der Waals surface area contributed by atoms with Gasteiger partial charge in [0.05, 0.1) is 11.9 Å². The van der Waals surface area contributed by atoms with Gasteiger partial charge in [-0.2, -0.15) is 5.10 Å². The normalized spacial score (nSPS) is 16.9. The lowest BCUT2D eigenvalue weighted by molar-refractivity contribution is 0.460. The van der Waals surface area contributed by atoms with Crippen molar-refractivity contribution in [1.29, 1.82) is 0 Å². The van der Waals surface area contributed by atoms with Gasteiger partial charge in [-0.05, 0) is 62.0 Å². The van der Waals surface area contributed by atoms with Crippen molar-refractivity contribution in [3.8, 4) is 5.69 Å². The maximum absolute atomic E-state index is 4.50. The molecule has 0 atom stereocenters. The third kappa shape index (κ3) is 2.31. The van der Waals surface area contributed by atoms with Gasteiger partial charge < -0.3 is 5.32 Å². The van der Waals surface area contributed by atoms with Crippen LogP contribution >= 0.6 is 0 Å². The smallest absolute Gasteiger partial charge is 0.0648 e. The Morgan fingerprint density at radius 2 is 2.11 bits per heavy atom. The van der Waals surface area contributed by atoms with E-state index in [-0.39, 0.29) is 0 Å². The van der Waals surface area contributed by atoms with Crippen molar-refractivity contribution in [2.75, 3.05) is 13.1 Å². The van der Waals surface area contributed by atoms with E-state index in [4.69, 9.17) is 0 Å². The summed E-state index contributed by atoms with van der Waals surface area (Å²) >= 11 is 0. The molecule has 1 saturated heterocycles. The summed E-state index contributed by atoms with van der Waals surface area (Å²) < 4.78 is 1.99. The number of hydrogen-bond acceptors (Lipinski definition) is 2. The van der Waals surface area contributed by atoms with Crippen LogP contribution in [0.5, 0.6) is 0 Å². The number of rotatable bonds is 2. The van der Waals surface area contributed by atoms with Crippen LogP contribution in [0.15, 0.2) is 36.7 Å². The summed E-state index contributed by atoms with van der Waals surface area (Å²) in [6.45, 7) is 4.36. The van der Waals surface area contributed by atoms with Crippen LogP contribution in [0.25, 0.3) is 5.69 Å². The van der Waals surface area contributed by atoms with Crippen molar-refractivity contribution in [3.63, 3.8) is 0 Å². The fraction of sp³-hybridized carbons (Fsp3) is 0.400. The van der Waals surface area contributed by atoms with Crippen molar-refractivity contribution in [2.45, 2.75) is 25.7 Å². The Hall–Kier alpha value is -1.61. The van der Waals surface area contributed by atoms with Gasteiger partial charge in [-0.25, -0.2) is 4.68 Å². The fourth-order valence-electron chi connectivity index (χ4n) is 2.61. The van der Waals surface area contributed by atoms with Crippen LogP contribution in [-0.2, 0) is 0 Å². The zero-order chi connectivity index (χ0) is 12.4. The zero-order valence-electron chi connectivity index (χ0n) is 10.8. The molecule has 1 aliphatic heterocycles. The second-order valence-electron chi connectivity index (χ2n) is 5.08. The van der Waals surface area contributed by atoms with Crippen molar-refractivity contribution in [2.24, 2.45) is 0 Å². The molecule has 1 fully saturated rings. The molecule has 1 aromatic carbocycles. The predicted octanol–water partition coefficient (Wildman–Crippen LogP) is 2.65. The van der Waals surface area contributed by atoms with Crippen LogP contribution < -0.4 is 5.32 Å². The minimum Gasteiger partial charge on any atom is -0.317 e. The van der Waals surface area contributed by atoms with Crippen LogP contribution in [0.2, 0.25) is 0 Å². The van der Waals surface area contributed by atoms with E-state index in [0.29, 0.717) is 5.92 Å². The predicted molar refractivity (Wildman–Crippen MR) is 73.1 cm³/mol. The molecule has 2 aromatic rings.